The number of aromatic nitrogens is 4. The number of benzene rings is 1. The van der Waals surface area contributed by atoms with E-state index >= 15 is 0 Å². The maximum Gasteiger partial charge on any atom is 0.329 e. The molecule has 1 aromatic carbocycles. The number of H-pyrrole nitrogens is 1. The number of carbonyl (C=O) groups excluding carboxylic acids is 1. The van der Waals surface area contributed by atoms with Gasteiger partial charge in [-0.1, -0.05) is 18.2 Å². The Morgan fingerprint density at radius 2 is 2.08 bits per heavy atom. The van der Waals surface area contributed by atoms with Crippen LogP contribution < -0.4 is 11.0 Å². The molecule has 13 heteroatoms. The highest BCUT2D eigenvalue weighted by Gasteiger charge is 2.40. The van der Waals surface area contributed by atoms with Crippen molar-refractivity contribution in [1.82, 2.24) is 24.2 Å². The Balaban J connectivity index is 1.60. The average Bonchev–Trinajstić information content (AvgIpc) is 3.48. The van der Waals surface area contributed by atoms with Crippen LogP contribution in [0, 0.1) is 0 Å². The van der Waals surface area contributed by atoms with Crippen molar-refractivity contribution in [2.45, 2.75) is 78.5 Å². The van der Waals surface area contributed by atoms with Gasteiger partial charge in [0.05, 0.1) is 12.2 Å². The second-order valence-electron chi connectivity index (χ2n) is 9.56. The van der Waals surface area contributed by atoms with Crippen molar-refractivity contribution >= 4 is 37.8 Å². The Morgan fingerprint density at radius 1 is 1.33 bits per heavy atom. The van der Waals surface area contributed by atoms with E-state index in [9.17, 15) is 9.59 Å². The zero-order valence-corrected chi connectivity index (χ0v) is 23.7. The third-order valence-electron chi connectivity index (χ3n) is 6.11. The molecule has 1 aliphatic rings. The van der Waals surface area contributed by atoms with Crippen LogP contribution in [0.25, 0.3) is 11.2 Å². The number of fused-ring (bicyclic) bond motifs is 1. The van der Waals surface area contributed by atoms with Gasteiger partial charge in [0.2, 0.25) is 0 Å². The summed E-state index contributed by atoms with van der Waals surface area (Å²) >= 11 is 0. The first-order chi connectivity index (χ1) is 19.2. The molecule has 3 unspecified atom stereocenters. The third-order valence-corrected chi connectivity index (χ3v) is 8.14. The minimum absolute atomic E-state index is 0.0682. The van der Waals surface area contributed by atoms with Crippen molar-refractivity contribution in [3.05, 3.63) is 52.7 Å². The maximum absolute atomic E-state index is 13.1. The van der Waals surface area contributed by atoms with Gasteiger partial charge in [-0.05, 0) is 53.7 Å². The molecule has 12 nitrogen and oxygen atoms in total. The highest BCUT2D eigenvalue weighted by Crippen LogP contribution is 2.49. The standard InChI is InChI=1S/C26H36N7O5P/c1-7-27-15-36-39(33(16(2)3)17(4)5)38-20-13-21(37-18(20)6)32-24-22(30-26(32)35)23(28-14-29-24)31-25(34)19-11-9-8-10-12-19/h8-12,14-18,20-21H,7,13H2,1-6H3,(H,30,35)(H,28,29,31,34)/t18?,20-,21?,39?/m1/s1/i6D. The van der Waals surface area contributed by atoms with E-state index in [4.69, 9.17) is 15.2 Å². The molecule has 3 heterocycles. The molecule has 4 atom stereocenters. The van der Waals surface area contributed by atoms with Crippen molar-refractivity contribution in [2.24, 2.45) is 4.99 Å². The summed E-state index contributed by atoms with van der Waals surface area (Å²) in [4.78, 5) is 41.3. The highest BCUT2D eigenvalue weighted by molar-refractivity contribution is 7.45. The number of aliphatic imine (C=N–C) groups is 1. The van der Waals surface area contributed by atoms with E-state index < -0.39 is 32.7 Å². The zero-order valence-electron chi connectivity index (χ0n) is 23.8. The van der Waals surface area contributed by atoms with Gasteiger partial charge in [0, 0.05) is 32.0 Å². The fourth-order valence-electron chi connectivity index (χ4n) is 4.41. The van der Waals surface area contributed by atoms with Crippen molar-refractivity contribution < 1.29 is 19.9 Å². The molecule has 3 aromatic rings. The largest absolute Gasteiger partial charge is 0.425 e. The van der Waals surface area contributed by atoms with Gasteiger partial charge in [0.1, 0.15) is 18.1 Å². The second-order valence-corrected chi connectivity index (χ2v) is 10.9. The lowest BCUT2D eigenvalue weighted by Gasteiger charge is -2.36. The number of ether oxygens (including phenoxy) is 1. The summed E-state index contributed by atoms with van der Waals surface area (Å²) < 4.78 is 30.2. The number of rotatable bonds is 11. The molecule has 0 spiro atoms. The minimum Gasteiger partial charge on any atom is -0.425 e. The van der Waals surface area contributed by atoms with Crippen molar-refractivity contribution in [3.8, 4) is 0 Å². The summed E-state index contributed by atoms with van der Waals surface area (Å²) in [5, 5.41) is 2.74. The smallest absolute Gasteiger partial charge is 0.329 e. The summed E-state index contributed by atoms with van der Waals surface area (Å²) in [6.07, 6.45) is 1.13. The quantitative estimate of drug-likeness (QED) is 0.200. The van der Waals surface area contributed by atoms with Crippen LogP contribution in [0.1, 0.15) is 65.9 Å². The molecule has 0 saturated carbocycles. The Hall–Kier alpha value is -3.18. The number of nitrogens with zero attached hydrogens (tertiary/aromatic N) is 5. The van der Waals surface area contributed by atoms with Crippen LogP contribution in [-0.2, 0) is 13.8 Å². The van der Waals surface area contributed by atoms with Crippen LogP contribution in [0.4, 0.5) is 5.82 Å². The van der Waals surface area contributed by atoms with Gasteiger partial charge in [-0.15, -0.1) is 0 Å². The Bertz CT molecular complexity index is 1360. The fourth-order valence-corrected chi connectivity index (χ4v) is 6.03. The van der Waals surface area contributed by atoms with Gasteiger partial charge < -0.3 is 24.1 Å². The molecular weight excluding hydrogens is 521 g/mol. The lowest BCUT2D eigenvalue weighted by Crippen LogP contribution is -2.35. The summed E-state index contributed by atoms with van der Waals surface area (Å²) in [5.41, 5.74) is 0.532. The lowest BCUT2D eigenvalue weighted by molar-refractivity contribution is -0.00519. The van der Waals surface area contributed by atoms with E-state index in [1.165, 1.54) is 17.3 Å². The van der Waals surface area contributed by atoms with Crippen LogP contribution in [0.3, 0.4) is 0 Å². The van der Waals surface area contributed by atoms with E-state index in [0.717, 1.165) is 0 Å². The monoisotopic (exact) mass is 558 g/mol. The predicted octanol–water partition coefficient (Wildman–Crippen LogP) is 4.48. The topological polar surface area (TPSA) is 136 Å². The SMILES string of the molecule is [2H]CC1OC(n2c(=O)[nH]c3c(NC(=O)c4ccccc4)ncnc32)C[C@H]1OP(OC=NCC)N(C(C)C)C(C)C. The highest BCUT2D eigenvalue weighted by atomic mass is 31.2. The van der Waals surface area contributed by atoms with Gasteiger partial charge >= 0.3 is 14.2 Å². The Labute approximate surface area is 230 Å². The molecular formula is C26H36N7O5P. The third kappa shape index (κ3) is 6.52. The van der Waals surface area contributed by atoms with Gasteiger partial charge in [0.15, 0.2) is 17.9 Å². The average molecular weight is 559 g/mol. The summed E-state index contributed by atoms with van der Waals surface area (Å²) in [6.45, 7) is 10.7. The number of hydrogen-bond donors (Lipinski definition) is 2. The molecule has 2 N–H and O–H groups in total. The van der Waals surface area contributed by atoms with E-state index in [1.54, 1.807) is 24.3 Å². The number of hydrogen-bond acceptors (Lipinski definition) is 9. The first-order valence-corrected chi connectivity index (χ1v) is 14.0. The van der Waals surface area contributed by atoms with Crippen LogP contribution >= 0.6 is 8.53 Å². The van der Waals surface area contributed by atoms with Crippen LogP contribution in [0.5, 0.6) is 0 Å². The number of carbonyl (C=O) groups is 1. The van der Waals surface area contributed by atoms with Crippen LogP contribution in [-0.4, -0.2) is 67.3 Å². The summed E-state index contributed by atoms with van der Waals surface area (Å²) in [5.74, 6) is -0.192. The molecule has 1 amide bonds. The Kier molecular flexibility index (Phi) is 8.98. The van der Waals surface area contributed by atoms with Gasteiger partial charge in [-0.2, -0.15) is 0 Å². The molecule has 0 radical (unpaired) electrons. The lowest BCUT2D eigenvalue weighted by atomic mass is 10.2. The molecule has 210 valence electrons. The Morgan fingerprint density at radius 3 is 2.74 bits per heavy atom. The zero-order chi connectivity index (χ0) is 28.8. The molecule has 1 aliphatic heterocycles. The van der Waals surface area contributed by atoms with E-state index in [0.29, 0.717) is 18.5 Å². The minimum atomic E-state index is -1.56. The van der Waals surface area contributed by atoms with E-state index in [2.05, 4.69) is 57.6 Å². The van der Waals surface area contributed by atoms with E-state index in [-0.39, 0.29) is 41.9 Å². The maximum atomic E-state index is 13.1. The fraction of sp³-hybridized carbons (Fsp3) is 0.500. The van der Waals surface area contributed by atoms with Gasteiger partial charge in [0.25, 0.3) is 5.91 Å². The van der Waals surface area contributed by atoms with Crippen LogP contribution in [0.2, 0.25) is 0 Å². The number of amides is 1. The molecule has 1 fully saturated rings. The van der Waals surface area contributed by atoms with Crippen molar-refractivity contribution in [1.29, 1.82) is 0 Å². The van der Waals surface area contributed by atoms with Crippen LogP contribution in [0.15, 0.2) is 46.4 Å². The van der Waals surface area contributed by atoms with Crippen molar-refractivity contribution in [2.75, 3.05) is 11.9 Å². The molecule has 39 heavy (non-hydrogen) atoms. The number of imidazole rings is 1. The van der Waals surface area contributed by atoms with E-state index in [1.807, 2.05) is 13.0 Å². The second kappa shape index (κ2) is 12.8. The normalized spacial score (nSPS) is 20.8. The first-order valence-electron chi connectivity index (χ1n) is 13.6. The molecule has 0 bridgehead atoms. The molecule has 0 aliphatic carbocycles. The summed E-state index contributed by atoms with van der Waals surface area (Å²) in [6, 6.07) is 8.96. The van der Waals surface area contributed by atoms with Gasteiger partial charge in [-0.25, -0.2) is 24.0 Å². The molecule has 2 aromatic heterocycles. The predicted molar refractivity (Wildman–Crippen MR) is 151 cm³/mol. The van der Waals surface area contributed by atoms with Crippen molar-refractivity contribution in [3.63, 3.8) is 0 Å². The number of aromatic amines is 1. The first kappa shape index (κ1) is 27.4. The number of nitrogens with one attached hydrogen (secondary N) is 2. The van der Waals surface area contributed by atoms with Gasteiger partial charge in [-0.3, -0.25) is 9.79 Å². The molecule has 1 saturated heterocycles. The number of anilines is 1. The molecule has 4 rings (SSSR count). The summed E-state index contributed by atoms with van der Waals surface area (Å²) in [7, 11) is -1.56.